The summed E-state index contributed by atoms with van der Waals surface area (Å²) in [6.07, 6.45) is 2.09. The van der Waals surface area contributed by atoms with Gasteiger partial charge in [0.1, 0.15) is 5.75 Å². The molecule has 3 aromatic heterocycles. The van der Waals surface area contributed by atoms with Gasteiger partial charge >= 0.3 is 6.18 Å². The Hall–Kier alpha value is -4.35. The van der Waals surface area contributed by atoms with E-state index in [2.05, 4.69) is 10.1 Å². The van der Waals surface area contributed by atoms with Gasteiger partial charge in [-0.3, -0.25) is 19.9 Å². The molecule has 0 bridgehead atoms. The molecule has 1 amide bonds. The first kappa shape index (κ1) is 26.3. The molecule has 0 radical (unpaired) electrons. The summed E-state index contributed by atoms with van der Waals surface area (Å²) in [7, 11) is 4.73. The first-order valence-corrected chi connectivity index (χ1v) is 12.3. The molecule has 5 rings (SSSR count). The van der Waals surface area contributed by atoms with Gasteiger partial charge in [0.25, 0.3) is 5.91 Å². The van der Waals surface area contributed by atoms with Crippen molar-refractivity contribution in [2.24, 2.45) is 14.1 Å². The number of alkyl halides is 3. The van der Waals surface area contributed by atoms with Crippen LogP contribution < -0.4 is 10.4 Å². The second-order valence-electron chi connectivity index (χ2n) is 9.64. The normalized spacial score (nSPS) is 14.4. The number of imidazole rings is 1. The number of aryl methyl sites for hydroxylation is 2. The monoisotopic (exact) mass is 539 g/mol. The first-order chi connectivity index (χ1) is 18.5. The van der Waals surface area contributed by atoms with Crippen LogP contribution in [0.4, 0.5) is 13.2 Å². The number of nitrogens with one attached hydrogen (secondary N) is 1. The van der Waals surface area contributed by atoms with E-state index < -0.39 is 11.9 Å². The van der Waals surface area contributed by atoms with Gasteiger partial charge in [0.15, 0.2) is 5.69 Å². The van der Waals surface area contributed by atoms with Crippen LogP contribution in [0.3, 0.4) is 0 Å². The number of hydrogen-bond acceptors (Lipinski definition) is 5. The molecule has 12 heteroatoms. The molecule has 0 saturated heterocycles. The number of aromatic nitrogens is 5. The minimum Gasteiger partial charge on any atom is -0.497 e. The lowest BCUT2D eigenvalue weighted by molar-refractivity contribution is -0.140. The average Bonchev–Trinajstić information content (AvgIpc) is 3.46. The summed E-state index contributed by atoms with van der Waals surface area (Å²) in [4.78, 5) is 20.0. The predicted octanol–water partition coefficient (Wildman–Crippen LogP) is 3.94. The quantitative estimate of drug-likeness (QED) is 0.402. The zero-order valence-corrected chi connectivity index (χ0v) is 22.0. The predicted molar refractivity (Wildman–Crippen MR) is 136 cm³/mol. The fraction of sp³-hybridized carbons (Fsp3) is 0.333. The van der Waals surface area contributed by atoms with Crippen LogP contribution in [0.25, 0.3) is 11.1 Å². The Bertz CT molecular complexity index is 1620. The van der Waals surface area contributed by atoms with E-state index in [9.17, 15) is 18.0 Å². The summed E-state index contributed by atoms with van der Waals surface area (Å²) < 4.78 is 51.7. The molecule has 0 aliphatic carbocycles. The summed E-state index contributed by atoms with van der Waals surface area (Å²) in [5, 5.41) is 12.0. The van der Waals surface area contributed by atoms with Crippen molar-refractivity contribution in [3.8, 4) is 16.9 Å². The van der Waals surface area contributed by atoms with Crippen LogP contribution in [0.1, 0.15) is 45.8 Å². The van der Waals surface area contributed by atoms with Crippen LogP contribution >= 0.6 is 0 Å². The molecular weight excluding hydrogens is 511 g/mol. The number of methoxy groups -OCH3 is 1. The van der Waals surface area contributed by atoms with Crippen LogP contribution in [-0.2, 0) is 33.2 Å². The lowest BCUT2D eigenvalue weighted by atomic mass is 9.87. The second kappa shape index (κ2) is 9.75. The molecule has 1 aliphatic heterocycles. The standard InChI is InChI=1S/C27H28F3N7O2/c1-16(23-13-18(39-4)5-7-32-23)37-8-6-19-20(22-15-35(3)33-24(22)27(28,29)30)11-17(12-21(19)25(37)38)14-36-10-9-34(2)26(36)31/h5,7,9-13,15-16,31H,6,8,14H2,1-4H3/t16-/m0/s1. The Labute approximate surface area is 222 Å². The van der Waals surface area contributed by atoms with Crippen molar-refractivity contribution in [1.82, 2.24) is 28.8 Å². The Morgan fingerprint density at radius 1 is 1.13 bits per heavy atom. The van der Waals surface area contributed by atoms with E-state index in [1.54, 1.807) is 71.0 Å². The molecule has 39 heavy (non-hydrogen) atoms. The lowest BCUT2D eigenvalue weighted by Crippen LogP contribution is -2.40. The first-order valence-electron chi connectivity index (χ1n) is 12.3. The molecule has 0 saturated carbocycles. The number of nitrogens with zero attached hydrogens (tertiary/aromatic N) is 6. The fourth-order valence-electron chi connectivity index (χ4n) is 5.07. The average molecular weight is 540 g/mol. The molecular formula is C27H28F3N7O2. The molecule has 1 aromatic carbocycles. The van der Waals surface area contributed by atoms with E-state index in [0.29, 0.717) is 46.7 Å². The molecule has 1 N–H and O–H groups in total. The van der Waals surface area contributed by atoms with E-state index in [4.69, 9.17) is 10.1 Å². The zero-order valence-electron chi connectivity index (χ0n) is 22.0. The summed E-state index contributed by atoms with van der Waals surface area (Å²) in [5.41, 5.74) is 1.61. The summed E-state index contributed by atoms with van der Waals surface area (Å²) >= 11 is 0. The van der Waals surface area contributed by atoms with Crippen molar-refractivity contribution in [1.29, 1.82) is 5.41 Å². The number of ether oxygens (including phenoxy) is 1. The third-order valence-corrected chi connectivity index (χ3v) is 7.10. The highest BCUT2D eigenvalue weighted by Gasteiger charge is 2.39. The van der Waals surface area contributed by atoms with Gasteiger partial charge in [0.05, 0.1) is 25.4 Å². The number of amides is 1. The number of carbonyl (C=O) groups is 1. The molecule has 1 atom stereocenters. The van der Waals surface area contributed by atoms with E-state index in [1.807, 2.05) is 6.92 Å². The van der Waals surface area contributed by atoms with E-state index in [0.717, 1.165) is 4.68 Å². The van der Waals surface area contributed by atoms with Gasteiger partial charge in [0, 0.05) is 62.6 Å². The van der Waals surface area contributed by atoms with Gasteiger partial charge in [-0.15, -0.1) is 0 Å². The minimum absolute atomic E-state index is 0.0731. The topological polar surface area (TPSA) is 94.0 Å². The Morgan fingerprint density at radius 2 is 1.87 bits per heavy atom. The van der Waals surface area contributed by atoms with Gasteiger partial charge in [-0.05, 0) is 48.2 Å². The van der Waals surface area contributed by atoms with Crippen molar-refractivity contribution in [3.05, 3.63) is 82.7 Å². The van der Waals surface area contributed by atoms with Crippen LogP contribution in [0, 0.1) is 5.41 Å². The van der Waals surface area contributed by atoms with E-state index in [-0.39, 0.29) is 29.7 Å². The number of halogens is 3. The van der Waals surface area contributed by atoms with Gasteiger partial charge in [-0.1, -0.05) is 0 Å². The molecule has 9 nitrogen and oxygen atoms in total. The number of carbonyl (C=O) groups excluding carboxylic acids is 1. The number of pyridine rings is 1. The van der Waals surface area contributed by atoms with Crippen molar-refractivity contribution < 1.29 is 22.7 Å². The Morgan fingerprint density at radius 3 is 2.54 bits per heavy atom. The number of fused-ring (bicyclic) bond motifs is 1. The SMILES string of the molecule is COc1ccnc([C@H](C)N2CCc3c(cc(Cn4ccn(C)c4=N)cc3-c3cn(C)nc3C(F)(F)F)C2=O)c1. The highest BCUT2D eigenvalue weighted by molar-refractivity contribution is 5.99. The molecule has 4 heterocycles. The van der Waals surface area contributed by atoms with E-state index >= 15 is 0 Å². The lowest BCUT2D eigenvalue weighted by Gasteiger charge is -2.34. The van der Waals surface area contributed by atoms with Crippen molar-refractivity contribution in [2.45, 2.75) is 32.1 Å². The van der Waals surface area contributed by atoms with Crippen LogP contribution in [0.5, 0.6) is 5.75 Å². The molecule has 0 unspecified atom stereocenters. The molecule has 0 spiro atoms. The minimum atomic E-state index is -4.67. The third-order valence-electron chi connectivity index (χ3n) is 7.10. The molecule has 204 valence electrons. The Kier molecular flexibility index (Phi) is 6.57. The smallest absolute Gasteiger partial charge is 0.435 e. The summed E-state index contributed by atoms with van der Waals surface area (Å²) in [5.74, 6) is 0.321. The maximum atomic E-state index is 14.0. The van der Waals surface area contributed by atoms with E-state index in [1.165, 1.54) is 13.2 Å². The largest absolute Gasteiger partial charge is 0.497 e. The molecule has 0 fully saturated rings. The zero-order chi connectivity index (χ0) is 28.1. The number of benzene rings is 1. The number of hydrogen-bond donors (Lipinski definition) is 1. The molecule has 1 aliphatic rings. The maximum absolute atomic E-state index is 14.0. The van der Waals surface area contributed by atoms with Gasteiger partial charge in [-0.2, -0.15) is 18.3 Å². The van der Waals surface area contributed by atoms with Gasteiger partial charge in [0.2, 0.25) is 5.62 Å². The van der Waals surface area contributed by atoms with Crippen molar-refractivity contribution in [2.75, 3.05) is 13.7 Å². The number of rotatable bonds is 6. The van der Waals surface area contributed by atoms with Gasteiger partial charge < -0.3 is 18.8 Å². The fourth-order valence-corrected chi connectivity index (χ4v) is 5.07. The van der Waals surface area contributed by atoms with Crippen molar-refractivity contribution in [3.63, 3.8) is 0 Å². The highest BCUT2D eigenvalue weighted by atomic mass is 19.4. The maximum Gasteiger partial charge on any atom is 0.435 e. The van der Waals surface area contributed by atoms with Gasteiger partial charge in [-0.25, -0.2) is 0 Å². The Balaban J connectivity index is 1.64. The summed E-state index contributed by atoms with van der Waals surface area (Å²) in [6.45, 7) is 2.39. The second-order valence-corrected chi connectivity index (χ2v) is 9.64. The molecule has 4 aromatic rings. The highest BCUT2D eigenvalue weighted by Crippen LogP contribution is 2.40. The third kappa shape index (κ3) is 4.82. The summed E-state index contributed by atoms with van der Waals surface area (Å²) in [6, 6.07) is 6.50. The van der Waals surface area contributed by atoms with Crippen LogP contribution in [0.2, 0.25) is 0 Å². The van der Waals surface area contributed by atoms with Crippen molar-refractivity contribution >= 4 is 5.91 Å². The van der Waals surface area contributed by atoms with Crippen LogP contribution in [0.15, 0.2) is 49.1 Å². The van der Waals surface area contributed by atoms with Crippen LogP contribution in [-0.4, -0.2) is 48.4 Å².